The molecule has 2 saturated heterocycles. The highest BCUT2D eigenvalue weighted by Gasteiger charge is 2.28. The fraction of sp³-hybridized carbons (Fsp3) is 0.375. The number of nitrogens with zero attached hydrogens (tertiary/aromatic N) is 6. The second-order valence-electron chi connectivity index (χ2n) is 8.56. The fourth-order valence-corrected chi connectivity index (χ4v) is 5.65. The standard InChI is InChI=1S/C24H28N6O4S/c31-24(21-16-26-29(19-21)18-20-4-2-1-3-5-20)28-10-8-27(9-11-28)23-7-6-22(17-25-23)35(32,33)30-12-14-34-15-13-30/h1-7,16-17,19H,8-15,18H2. The van der Waals surface area contributed by atoms with Crippen LogP contribution in [0.5, 0.6) is 0 Å². The molecule has 0 atom stereocenters. The van der Waals surface area contributed by atoms with E-state index in [1.54, 1.807) is 29.2 Å². The molecule has 3 aromatic rings. The van der Waals surface area contributed by atoms with E-state index in [2.05, 4.69) is 15.0 Å². The van der Waals surface area contributed by atoms with E-state index in [-0.39, 0.29) is 10.8 Å². The number of carbonyl (C=O) groups excluding carboxylic acids is 1. The van der Waals surface area contributed by atoms with Gasteiger partial charge in [0.05, 0.1) is 31.5 Å². The summed E-state index contributed by atoms with van der Waals surface area (Å²) in [4.78, 5) is 21.4. The van der Waals surface area contributed by atoms with Gasteiger partial charge in [-0.05, 0) is 17.7 Å². The van der Waals surface area contributed by atoms with E-state index < -0.39 is 10.0 Å². The minimum absolute atomic E-state index is 0.0381. The predicted molar refractivity (Wildman–Crippen MR) is 130 cm³/mol. The number of piperazine rings is 1. The molecule has 11 heteroatoms. The topological polar surface area (TPSA) is 101 Å². The molecule has 2 fully saturated rings. The quantitative estimate of drug-likeness (QED) is 0.507. The maximum atomic E-state index is 13.0. The Morgan fingerprint density at radius 2 is 1.66 bits per heavy atom. The van der Waals surface area contributed by atoms with Crippen LogP contribution in [0, 0.1) is 0 Å². The molecule has 0 aliphatic carbocycles. The first-order valence-electron chi connectivity index (χ1n) is 11.7. The van der Waals surface area contributed by atoms with Crippen molar-refractivity contribution in [3.05, 3.63) is 72.2 Å². The summed E-state index contributed by atoms with van der Waals surface area (Å²) < 4.78 is 34.0. The van der Waals surface area contributed by atoms with E-state index in [1.807, 2.05) is 35.2 Å². The fourth-order valence-electron chi connectivity index (χ4n) is 4.30. The largest absolute Gasteiger partial charge is 0.379 e. The number of rotatable bonds is 6. The Morgan fingerprint density at radius 3 is 2.34 bits per heavy atom. The Balaban J connectivity index is 1.17. The summed E-state index contributed by atoms with van der Waals surface area (Å²) in [6.07, 6.45) is 4.82. The van der Waals surface area contributed by atoms with Gasteiger partial charge in [0.2, 0.25) is 10.0 Å². The number of ether oxygens (including phenoxy) is 1. The molecule has 1 amide bonds. The van der Waals surface area contributed by atoms with Crippen LogP contribution in [-0.2, 0) is 21.3 Å². The number of amides is 1. The van der Waals surface area contributed by atoms with Crippen molar-refractivity contribution >= 4 is 21.7 Å². The zero-order valence-electron chi connectivity index (χ0n) is 19.4. The van der Waals surface area contributed by atoms with Crippen LogP contribution >= 0.6 is 0 Å². The number of morpholine rings is 1. The lowest BCUT2D eigenvalue weighted by atomic mass is 10.2. The van der Waals surface area contributed by atoms with Crippen molar-refractivity contribution in [2.24, 2.45) is 0 Å². The average Bonchev–Trinajstić information content (AvgIpc) is 3.38. The number of benzene rings is 1. The summed E-state index contributed by atoms with van der Waals surface area (Å²) in [5.74, 6) is 0.664. The predicted octanol–water partition coefficient (Wildman–Crippen LogP) is 1.31. The van der Waals surface area contributed by atoms with Crippen LogP contribution in [0.2, 0.25) is 0 Å². The first kappa shape index (κ1) is 23.5. The van der Waals surface area contributed by atoms with Crippen molar-refractivity contribution in [1.29, 1.82) is 0 Å². The molecule has 4 heterocycles. The summed E-state index contributed by atoms with van der Waals surface area (Å²) in [5, 5.41) is 4.34. The highest BCUT2D eigenvalue weighted by Crippen LogP contribution is 2.20. The first-order valence-corrected chi connectivity index (χ1v) is 13.1. The van der Waals surface area contributed by atoms with Gasteiger partial charge in [-0.25, -0.2) is 13.4 Å². The number of hydrogen-bond acceptors (Lipinski definition) is 7. The monoisotopic (exact) mass is 496 g/mol. The van der Waals surface area contributed by atoms with Gasteiger partial charge in [-0.15, -0.1) is 0 Å². The molecule has 0 saturated carbocycles. The van der Waals surface area contributed by atoms with Gasteiger partial charge in [-0.1, -0.05) is 30.3 Å². The third-order valence-electron chi connectivity index (χ3n) is 6.29. The van der Waals surface area contributed by atoms with Crippen molar-refractivity contribution < 1.29 is 17.9 Å². The van der Waals surface area contributed by atoms with Gasteiger partial charge in [0.25, 0.3) is 5.91 Å². The number of hydrogen-bond donors (Lipinski definition) is 0. The van der Waals surface area contributed by atoms with Crippen LogP contribution < -0.4 is 4.90 Å². The Morgan fingerprint density at radius 1 is 0.914 bits per heavy atom. The molecule has 2 aromatic heterocycles. The van der Waals surface area contributed by atoms with Gasteiger partial charge in [0.1, 0.15) is 10.7 Å². The van der Waals surface area contributed by atoms with Gasteiger partial charge in [-0.2, -0.15) is 9.40 Å². The lowest BCUT2D eigenvalue weighted by molar-refractivity contribution is 0.0730. The molecule has 5 rings (SSSR count). The van der Waals surface area contributed by atoms with Crippen molar-refractivity contribution in [1.82, 2.24) is 24.0 Å². The molecule has 0 radical (unpaired) electrons. The van der Waals surface area contributed by atoms with Crippen LogP contribution in [0.15, 0.2) is 66.0 Å². The van der Waals surface area contributed by atoms with E-state index in [4.69, 9.17) is 4.74 Å². The SMILES string of the molecule is O=C(c1cnn(Cc2ccccc2)c1)N1CCN(c2ccc(S(=O)(=O)N3CCOCC3)cn2)CC1. The lowest BCUT2D eigenvalue weighted by Crippen LogP contribution is -2.49. The molecule has 10 nitrogen and oxygen atoms in total. The molecule has 1 aromatic carbocycles. The Hall–Kier alpha value is -3.28. The van der Waals surface area contributed by atoms with E-state index in [9.17, 15) is 13.2 Å². The van der Waals surface area contributed by atoms with E-state index in [0.717, 1.165) is 5.56 Å². The maximum Gasteiger partial charge on any atom is 0.257 e. The second-order valence-corrected chi connectivity index (χ2v) is 10.5. The molecule has 0 unspecified atom stereocenters. The van der Waals surface area contributed by atoms with E-state index in [1.165, 1.54) is 10.5 Å². The second kappa shape index (κ2) is 10.1. The molecule has 0 N–H and O–H groups in total. The lowest BCUT2D eigenvalue weighted by Gasteiger charge is -2.35. The van der Waals surface area contributed by atoms with Gasteiger partial charge >= 0.3 is 0 Å². The molecular weight excluding hydrogens is 468 g/mol. The smallest absolute Gasteiger partial charge is 0.257 e. The molecule has 0 bridgehead atoms. The van der Waals surface area contributed by atoms with Crippen molar-refractivity contribution in [2.75, 3.05) is 57.4 Å². The van der Waals surface area contributed by atoms with E-state index in [0.29, 0.717) is 70.4 Å². The summed E-state index contributed by atoms with van der Waals surface area (Å²) in [6.45, 7) is 4.47. The summed E-state index contributed by atoms with van der Waals surface area (Å²) in [6, 6.07) is 13.3. The zero-order valence-corrected chi connectivity index (χ0v) is 20.2. The normalized spacial score (nSPS) is 17.5. The van der Waals surface area contributed by atoms with Gasteiger partial charge < -0.3 is 14.5 Å². The minimum Gasteiger partial charge on any atom is -0.379 e. The molecule has 0 spiro atoms. The zero-order chi connectivity index (χ0) is 24.3. The summed E-state index contributed by atoms with van der Waals surface area (Å²) in [5.41, 5.74) is 1.70. The van der Waals surface area contributed by atoms with Crippen LogP contribution in [0.1, 0.15) is 15.9 Å². The molecule has 2 aliphatic rings. The average molecular weight is 497 g/mol. The van der Waals surface area contributed by atoms with Crippen molar-refractivity contribution in [2.45, 2.75) is 11.4 Å². The number of pyridine rings is 1. The minimum atomic E-state index is -3.57. The Bertz CT molecular complexity index is 1250. The highest BCUT2D eigenvalue weighted by atomic mass is 32.2. The number of carbonyl (C=O) groups is 1. The molecule has 2 aliphatic heterocycles. The Labute approximate surface area is 204 Å². The highest BCUT2D eigenvalue weighted by molar-refractivity contribution is 7.89. The van der Waals surface area contributed by atoms with Crippen molar-refractivity contribution in [3.63, 3.8) is 0 Å². The third kappa shape index (κ3) is 5.21. The van der Waals surface area contributed by atoms with Gasteiger partial charge in [0.15, 0.2) is 0 Å². The molecule has 184 valence electrons. The van der Waals surface area contributed by atoms with Gasteiger partial charge in [-0.3, -0.25) is 9.48 Å². The van der Waals surface area contributed by atoms with Crippen LogP contribution in [0.25, 0.3) is 0 Å². The van der Waals surface area contributed by atoms with Crippen LogP contribution in [0.4, 0.5) is 5.82 Å². The molecule has 35 heavy (non-hydrogen) atoms. The molecular formula is C24H28N6O4S. The maximum absolute atomic E-state index is 13.0. The number of sulfonamides is 1. The van der Waals surface area contributed by atoms with Crippen LogP contribution in [-0.4, -0.2) is 90.8 Å². The van der Waals surface area contributed by atoms with Gasteiger partial charge in [0, 0.05) is 51.7 Å². The van der Waals surface area contributed by atoms with Crippen molar-refractivity contribution in [3.8, 4) is 0 Å². The van der Waals surface area contributed by atoms with Crippen LogP contribution in [0.3, 0.4) is 0 Å². The Kier molecular flexibility index (Phi) is 6.80. The summed E-state index contributed by atoms with van der Waals surface area (Å²) >= 11 is 0. The summed E-state index contributed by atoms with van der Waals surface area (Å²) in [7, 11) is -3.57. The number of aromatic nitrogens is 3. The number of anilines is 1. The third-order valence-corrected chi connectivity index (χ3v) is 8.17. The van der Waals surface area contributed by atoms with E-state index >= 15 is 0 Å². The first-order chi connectivity index (χ1) is 17.0.